The maximum Gasteiger partial charge on any atom is 1.00 e. The second-order valence-corrected chi connectivity index (χ2v) is 2.31. The minimum atomic E-state index is -1.75. The van der Waals surface area contributed by atoms with Crippen molar-refractivity contribution in [3.05, 3.63) is 50.7 Å². The SMILES string of the molecule is Cc1ccccc1C.O=[N+]([O-])[O-].[Ag+]. The molecule has 1 aromatic carbocycles. The van der Waals surface area contributed by atoms with E-state index in [1.807, 2.05) is 0 Å². The van der Waals surface area contributed by atoms with Gasteiger partial charge in [0, 0.05) is 0 Å². The van der Waals surface area contributed by atoms with Gasteiger partial charge in [-0.2, -0.15) is 0 Å². The van der Waals surface area contributed by atoms with Crippen LogP contribution in [0.4, 0.5) is 0 Å². The Kier molecular flexibility index (Phi) is 8.79. The van der Waals surface area contributed by atoms with Gasteiger partial charge in [0.25, 0.3) is 0 Å². The molecule has 0 aliphatic heterocycles. The van der Waals surface area contributed by atoms with Gasteiger partial charge in [-0.3, -0.25) is 0 Å². The van der Waals surface area contributed by atoms with Crippen LogP contribution in [0, 0.1) is 29.2 Å². The normalized spacial score (nSPS) is 7.54. The quantitative estimate of drug-likeness (QED) is 0.414. The molecule has 4 nitrogen and oxygen atoms in total. The van der Waals surface area contributed by atoms with Crippen molar-refractivity contribution in [1.29, 1.82) is 0 Å². The van der Waals surface area contributed by atoms with Crippen molar-refractivity contribution in [2.75, 3.05) is 0 Å². The molecule has 0 spiro atoms. The molecule has 0 aliphatic rings. The third kappa shape index (κ3) is 9.07. The summed E-state index contributed by atoms with van der Waals surface area (Å²) in [6, 6.07) is 8.36. The Labute approximate surface area is 92.2 Å². The second-order valence-electron chi connectivity index (χ2n) is 2.31. The van der Waals surface area contributed by atoms with Crippen LogP contribution in [0.5, 0.6) is 0 Å². The number of aryl methyl sites for hydroxylation is 2. The van der Waals surface area contributed by atoms with E-state index in [1.54, 1.807) is 0 Å². The van der Waals surface area contributed by atoms with E-state index in [2.05, 4.69) is 38.1 Å². The summed E-state index contributed by atoms with van der Waals surface area (Å²) in [5.74, 6) is 0. The van der Waals surface area contributed by atoms with Gasteiger partial charge in [0.15, 0.2) is 0 Å². The Morgan fingerprint density at radius 1 is 1.08 bits per heavy atom. The van der Waals surface area contributed by atoms with Gasteiger partial charge in [0.2, 0.25) is 0 Å². The maximum atomic E-state index is 8.25. The van der Waals surface area contributed by atoms with Gasteiger partial charge in [0.1, 0.15) is 0 Å². The first-order chi connectivity index (χ1) is 5.54. The topological polar surface area (TPSA) is 66.2 Å². The minimum Gasteiger partial charge on any atom is -0.356 e. The van der Waals surface area contributed by atoms with E-state index in [0.29, 0.717) is 0 Å². The van der Waals surface area contributed by atoms with Crippen LogP contribution in [0.2, 0.25) is 0 Å². The Bertz CT molecular complexity index is 240. The summed E-state index contributed by atoms with van der Waals surface area (Å²) < 4.78 is 0. The summed E-state index contributed by atoms with van der Waals surface area (Å²) >= 11 is 0. The van der Waals surface area contributed by atoms with Crippen molar-refractivity contribution in [3.63, 3.8) is 0 Å². The molecule has 0 saturated heterocycles. The number of hydrogen-bond acceptors (Lipinski definition) is 3. The summed E-state index contributed by atoms with van der Waals surface area (Å²) in [6.07, 6.45) is 0. The van der Waals surface area contributed by atoms with E-state index >= 15 is 0 Å². The molecule has 0 aliphatic carbocycles. The van der Waals surface area contributed by atoms with Crippen LogP contribution in [0.3, 0.4) is 0 Å². The number of hydrogen-bond donors (Lipinski definition) is 0. The van der Waals surface area contributed by atoms with Crippen molar-refractivity contribution >= 4 is 0 Å². The van der Waals surface area contributed by atoms with Crippen molar-refractivity contribution < 1.29 is 27.5 Å². The van der Waals surface area contributed by atoms with Gasteiger partial charge in [-0.25, -0.2) is 0 Å². The minimum absolute atomic E-state index is 0. The summed E-state index contributed by atoms with van der Waals surface area (Å²) in [4.78, 5) is 8.25. The third-order valence-corrected chi connectivity index (χ3v) is 1.43. The smallest absolute Gasteiger partial charge is 0.356 e. The van der Waals surface area contributed by atoms with Gasteiger partial charge in [-0.05, 0) is 25.0 Å². The first kappa shape index (κ1) is 14.7. The molecule has 0 bridgehead atoms. The third-order valence-electron chi connectivity index (χ3n) is 1.43. The molecule has 0 atom stereocenters. The molecule has 13 heavy (non-hydrogen) atoms. The van der Waals surface area contributed by atoms with Crippen molar-refractivity contribution in [1.82, 2.24) is 0 Å². The fourth-order valence-electron chi connectivity index (χ4n) is 0.663. The maximum absolute atomic E-state index is 8.25. The van der Waals surface area contributed by atoms with Crippen LogP contribution in [0.25, 0.3) is 0 Å². The van der Waals surface area contributed by atoms with Gasteiger partial charge in [0.05, 0.1) is 5.09 Å². The predicted molar refractivity (Wildman–Crippen MR) is 46.3 cm³/mol. The van der Waals surface area contributed by atoms with E-state index in [0.717, 1.165) is 0 Å². The fraction of sp³-hybridized carbons (Fsp3) is 0.250. The van der Waals surface area contributed by atoms with Crippen LogP contribution < -0.4 is 0 Å². The Morgan fingerprint density at radius 3 is 1.46 bits per heavy atom. The molecule has 0 saturated carbocycles. The summed E-state index contributed by atoms with van der Waals surface area (Å²) in [7, 11) is 0. The Hall–Kier alpha value is -0.840. The van der Waals surface area contributed by atoms with Gasteiger partial charge >= 0.3 is 22.4 Å². The molecular weight excluding hydrogens is 266 g/mol. The summed E-state index contributed by atoms with van der Waals surface area (Å²) in [5.41, 5.74) is 2.74. The van der Waals surface area contributed by atoms with Crippen LogP contribution in [0.15, 0.2) is 24.3 Å². The Balaban J connectivity index is 0. The standard InChI is InChI=1S/C8H10.Ag.NO3/c1-7-5-3-4-6-8(7)2;;2-1(3)4/h3-6H,1-2H3;;/q;+1;-1. The zero-order valence-corrected chi connectivity index (χ0v) is 8.77. The van der Waals surface area contributed by atoms with Crippen molar-refractivity contribution in [3.8, 4) is 0 Å². The number of benzene rings is 1. The molecule has 0 radical (unpaired) electrons. The van der Waals surface area contributed by atoms with Gasteiger partial charge < -0.3 is 15.3 Å². The van der Waals surface area contributed by atoms with Crippen LogP contribution in [-0.2, 0) is 22.4 Å². The first-order valence-electron chi connectivity index (χ1n) is 3.38. The molecule has 0 aromatic heterocycles. The predicted octanol–water partition coefficient (Wildman–Crippen LogP) is 2.06. The average molecular weight is 276 g/mol. The molecule has 76 valence electrons. The summed E-state index contributed by atoms with van der Waals surface area (Å²) in [5, 5.41) is 14.8. The molecule has 0 N–H and O–H groups in total. The largest absolute Gasteiger partial charge is 1.00 e. The Morgan fingerprint density at radius 2 is 1.31 bits per heavy atom. The molecular formula is C8H10AgNO3. The number of nitrogens with zero attached hydrogens (tertiary/aromatic N) is 1. The van der Waals surface area contributed by atoms with E-state index in [-0.39, 0.29) is 22.4 Å². The van der Waals surface area contributed by atoms with E-state index in [9.17, 15) is 0 Å². The molecule has 5 heteroatoms. The molecule has 0 heterocycles. The van der Waals surface area contributed by atoms with E-state index < -0.39 is 5.09 Å². The molecule has 0 unspecified atom stereocenters. The van der Waals surface area contributed by atoms with Crippen molar-refractivity contribution in [2.45, 2.75) is 13.8 Å². The number of rotatable bonds is 0. The van der Waals surface area contributed by atoms with E-state index in [4.69, 9.17) is 15.3 Å². The van der Waals surface area contributed by atoms with Crippen molar-refractivity contribution in [2.24, 2.45) is 0 Å². The average Bonchev–Trinajstić information content (AvgIpc) is 1.94. The van der Waals surface area contributed by atoms with E-state index in [1.165, 1.54) is 11.1 Å². The zero-order valence-electron chi connectivity index (χ0n) is 7.28. The van der Waals surface area contributed by atoms with Crippen LogP contribution >= 0.6 is 0 Å². The molecule has 0 amide bonds. The monoisotopic (exact) mass is 275 g/mol. The fourth-order valence-corrected chi connectivity index (χ4v) is 0.663. The first-order valence-corrected chi connectivity index (χ1v) is 3.38. The van der Waals surface area contributed by atoms with Crippen LogP contribution in [0.1, 0.15) is 11.1 Å². The second kappa shape index (κ2) is 7.79. The zero-order chi connectivity index (χ0) is 9.56. The summed E-state index contributed by atoms with van der Waals surface area (Å²) in [6.45, 7) is 4.24. The molecule has 1 aromatic rings. The van der Waals surface area contributed by atoms with Gasteiger partial charge in [-0.1, -0.05) is 24.3 Å². The molecule has 0 fully saturated rings. The van der Waals surface area contributed by atoms with Gasteiger partial charge in [-0.15, -0.1) is 0 Å². The molecule has 1 rings (SSSR count). The van der Waals surface area contributed by atoms with Crippen LogP contribution in [-0.4, -0.2) is 5.09 Å².